The Morgan fingerprint density at radius 2 is 1.67 bits per heavy atom. The fraction of sp³-hybridized carbons (Fsp3) is 0.538. The van der Waals surface area contributed by atoms with Crippen molar-refractivity contribution >= 4 is 17.6 Å². The van der Waals surface area contributed by atoms with Gasteiger partial charge in [-0.15, -0.1) is 0 Å². The number of aromatic nitrogens is 2. The van der Waals surface area contributed by atoms with Crippen molar-refractivity contribution in [3.8, 4) is 0 Å². The van der Waals surface area contributed by atoms with Gasteiger partial charge in [0.25, 0.3) is 5.91 Å². The van der Waals surface area contributed by atoms with Crippen LogP contribution in [0.15, 0.2) is 36.4 Å². The van der Waals surface area contributed by atoms with Gasteiger partial charge in [0.2, 0.25) is 5.91 Å². The zero-order valence-electron chi connectivity index (χ0n) is 20.2. The fourth-order valence-corrected chi connectivity index (χ4v) is 5.12. The van der Waals surface area contributed by atoms with Crippen LogP contribution < -0.4 is 5.32 Å². The Morgan fingerprint density at radius 1 is 0.970 bits per heavy atom. The van der Waals surface area contributed by atoms with E-state index < -0.39 is 5.41 Å². The third kappa shape index (κ3) is 4.72. The topological polar surface area (TPSA) is 78.4 Å². The summed E-state index contributed by atoms with van der Waals surface area (Å²) in [6.45, 7) is 8.81. The van der Waals surface area contributed by atoms with Crippen molar-refractivity contribution in [2.24, 2.45) is 5.41 Å². The predicted octanol–water partition coefficient (Wildman–Crippen LogP) is 3.65. The van der Waals surface area contributed by atoms with Crippen LogP contribution in [0.2, 0.25) is 0 Å². The van der Waals surface area contributed by atoms with Crippen LogP contribution >= 0.6 is 0 Å². The van der Waals surface area contributed by atoms with Crippen LogP contribution in [-0.4, -0.2) is 64.8 Å². The molecule has 4 rings (SSSR count). The van der Waals surface area contributed by atoms with Crippen LogP contribution in [-0.2, 0) is 10.2 Å². The van der Waals surface area contributed by atoms with E-state index in [1.54, 1.807) is 0 Å². The molecule has 0 saturated carbocycles. The first-order valence-electron chi connectivity index (χ1n) is 11.9. The molecule has 2 amide bonds. The summed E-state index contributed by atoms with van der Waals surface area (Å²) in [4.78, 5) is 39.9. The molecule has 176 valence electrons. The highest BCUT2D eigenvalue weighted by Gasteiger charge is 2.44. The molecule has 7 nitrogen and oxygen atoms in total. The van der Waals surface area contributed by atoms with E-state index in [2.05, 4.69) is 19.2 Å². The lowest BCUT2D eigenvalue weighted by Crippen LogP contribution is -2.54. The zero-order chi connectivity index (χ0) is 23.6. The van der Waals surface area contributed by atoms with Crippen molar-refractivity contribution in [3.63, 3.8) is 0 Å². The van der Waals surface area contributed by atoms with Gasteiger partial charge >= 0.3 is 0 Å². The number of amides is 2. The van der Waals surface area contributed by atoms with E-state index in [4.69, 9.17) is 9.97 Å². The maximum atomic E-state index is 13.7. The number of anilines is 1. The molecule has 1 atom stereocenters. The number of carbonyl (C=O) groups is 2. The maximum Gasteiger partial charge on any atom is 0.253 e. The Balaban J connectivity index is 1.44. The standard InChI is InChI=1S/C26H35N5O2/c1-19-17-21(27-4)29-23(28-19)26(3)11-8-14-31(18-26)24(33)25(2)12-15-30(16-13-25)22(32)20-9-6-5-7-10-20/h5-7,9-10,17H,8,11-16,18H2,1-4H3,(H,27,28,29)/t26-/m1/s1. The molecule has 0 spiro atoms. The van der Waals surface area contributed by atoms with Gasteiger partial charge in [-0.3, -0.25) is 9.59 Å². The molecule has 33 heavy (non-hydrogen) atoms. The molecule has 0 aliphatic carbocycles. The van der Waals surface area contributed by atoms with Crippen molar-refractivity contribution in [2.45, 2.75) is 51.9 Å². The number of nitrogens with zero attached hydrogens (tertiary/aromatic N) is 4. The van der Waals surface area contributed by atoms with Gasteiger partial charge < -0.3 is 15.1 Å². The summed E-state index contributed by atoms with van der Waals surface area (Å²) in [5, 5.41) is 3.12. The summed E-state index contributed by atoms with van der Waals surface area (Å²) < 4.78 is 0. The summed E-state index contributed by atoms with van der Waals surface area (Å²) in [7, 11) is 1.86. The molecule has 2 aliphatic rings. The third-order valence-electron chi connectivity index (χ3n) is 7.33. The van der Waals surface area contributed by atoms with Crippen LogP contribution in [0.25, 0.3) is 0 Å². The molecule has 1 aromatic heterocycles. The molecule has 2 aromatic rings. The third-order valence-corrected chi connectivity index (χ3v) is 7.33. The van der Waals surface area contributed by atoms with Crippen molar-refractivity contribution in [3.05, 3.63) is 53.5 Å². The van der Waals surface area contributed by atoms with Crippen LogP contribution in [0.5, 0.6) is 0 Å². The number of hydrogen-bond donors (Lipinski definition) is 1. The van der Waals surface area contributed by atoms with Crippen molar-refractivity contribution < 1.29 is 9.59 Å². The Kier molecular flexibility index (Phi) is 6.41. The number of rotatable bonds is 4. The second-order valence-corrected chi connectivity index (χ2v) is 10.1. The normalized spacial score (nSPS) is 22.7. The highest BCUT2D eigenvalue weighted by molar-refractivity contribution is 5.94. The van der Waals surface area contributed by atoms with Crippen LogP contribution in [0, 0.1) is 12.3 Å². The van der Waals surface area contributed by atoms with E-state index in [9.17, 15) is 9.59 Å². The quantitative estimate of drug-likeness (QED) is 0.771. The van der Waals surface area contributed by atoms with Crippen molar-refractivity contribution in [2.75, 3.05) is 38.5 Å². The van der Waals surface area contributed by atoms with E-state index in [1.165, 1.54) is 0 Å². The molecule has 2 aliphatic heterocycles. The molecule has 2 saturated heterocycles. The molecule has 0 radical (unpaired) electrons. The molecule has 7 heteroatoms. The monoisotopic (exact) mass is 449 g/mol. The lowest BCUT2D eigenvalue weighted by atomic mass is 9.76. The number of likely N-dealkylation sites (tertiary alicyclic amines) is 2. The lowest BCUT2D eigenvalue weighted by Gasteiger charge is -2.45. The van der Waals surface area contributed by atoms with Gasteiger partial charge in [-0.05, 0) is 44.7 Å². The molecule has 3 heterocycles. The average Bonchev–Trinajstić information content (AvgIpc) is 2.83. The first-order chi connectivity index (χ1) is 15.7. The number of benzene rings is 1. The predicted molar refractivity (Wildman–Crippen MR) is 129 cm³/mol. The largest absolute Gasteiger partial charge is 0.373 e. The summed E-state index contributed by atoms with van der Waals surface area (Å²) in [5.74, 6) is 1.86. The van der Waals surface area contributed by atoms with Gasteiger partial charge in [0.05, 0.1) is 0 Å². The lowest BCUT2D eigenvalue weighted by molar-refractivity contribution is -0.146. The van der Waals surface area contributed by atoms with Crippen molar-refractivity contribution in [1.29, 1.82) is 0 Å². The van der Waals surface area contributed by atoms with Crippen LogP contribution in [0.4, 0.5) is 5.82 Å². The molecule has 1 aromatic carbocycles. The van der Waals surface area contributed by atoms with Gasteiger partial charge in [-0.2, -0.15) is 0 Å². The molecule has 1 N–H and O–H groups in total. The number of hydrogen-bond acceptors (Lipinski definition) is 5. The van der Waals surface area contributed by atoms with E-state index in [0.29, 0.717) is 38.0 Å². The second-order valence-electron chi connectivity index (χ2n) is 10.1. The molecular formula is C26H35N5O2. The fourth-order valence-electron chi connectivity index (χ4n) is 5.12. The van der Waals surface area contributed by atoms with Crippen LogP contribution in [0.1, 0.15) is 61.4 Å². The number of carbonyl (C=O) groups excluding carboxylic acids is 2. The summed E-state index contributed by atoms with van der Waals surface area (Å²) >= 11 is 0. The van der Waals surface area contributed by atoms with Gasteiger partial charge in [0, 0.05) is 61.4 Å². The minimum atomic E-state index is -0.449. The number of aryl methyl sites for hydroxylation is 1. The highest BCUT2D eigenvalue weighted by Crippen LogP contribution is 2.38. The number of nitrogens with one attached hydrogen (secondary N) is 1. The smallest absolute Gasteiger partial charge is 0.253 e. The second kappa shape index (κ2) is 9.12. The first kappa shape index (κ1) is 23.2. The van der Waals surface area contributed by atoms with Gasteiger partial charge in [0.15, 0.2) is 0 Å². The Hall–Kier alpha value is -2.96. The molecule has 0 unspecified atom stereocenters. The van der Waals surface area contributed by atoms with Gasteiger partial charge in [-0.1, -0.05) is 32.0 Å². The van der Waals surface area contributed by atoms with Gasteiger partial charge in [0.1, 0.15) is 11.6 Å². The van der Waals surface area contributed by atoms with E-state index in [-0.39, 0.29) is 17.2 Å². The molecule has 0 bridgehead atoms. The minimum Gasteiger partial charge on any atom is -0.373 e. The molecule has 2 fully saturated rings. The molecular weight excluding hydrogens is 414 g/mol. The van der Waals surface area contributed by atoms with Gasteiger partial charge in [-0.25, -0.2) is 9.97 Å². The minimum absolute atomic E-state index is 0.0487. The van der Waals surface area contributed by atoms with Crippen LogP contribution in [0.3, 0.4) is 0 Å². The summed E-state index contributed by atoms with van der Waals surface area (Å²) in [5.41, 5.74) is 0.913. The first-order valence-corrected chi connectivity index (χ1v) is 11.9. The summed E-state index contributed by atoms with van der Waals surface area (Å²) in [6.07, 6.45) is 3.26. The van der Waals surface area contributed by atoms with E-state index in [1.807, 2.05) is 60.2 Å². The summed E-state index contributed by atoms with van der Waals surface area (Å²) in [6, 6.07) is 11.3. The van der Waals surface area contributed by atoms with E-state index >= 15 is 0 Å². The maximum absolute atomic E-state index is 13.7. The zero-order valence-corrected chi connectivity index (χ0v) is 20.2. The Morgan fingerprint density at radius 3 is 2.33 bits per heavy atom. The van der Waals surface area contributed by atoms with E-state index in [0.717, 1.165) is 36.7 Å². The Bertz CT molecular complexity index is 1020. The van der Waals surface area contributed by atoms with Crippen molar-refractivity contribution in [1.82, 2.24) is 19.8 Å². The Labute approximate surface area is 196 Å². The highest BCUT2D eigenvalue weighted by atomic mass is 16.2. The number of piperidine rings is 2. The SMILES string of the molecule is CNc1cc(C)nc([C@]2(C)CCCN(C(=O)C3(C)CCN(C(=O)c4ccccc4)CC3)C2)n1. The average molecular weight is 450 g/mol.